The average molecular weight is 316 g/mol. The summed E-state index contributed by atoms with van der Waals surface area (Å²) in [7, 11) is -3.29. The van der Waals surface area contributed by atoms with Gasteiger partial charge in [0.25, 0.3) is 0 Å². The molecule has 112 valence electrons. The molecule has 0 saturated heterocycles. The Hall–Kier alpha value is -0.580. The van der Waals surface area contributed by atoms with Crippen LogP contribution in [-0.2, 0) is 9.84 Å². The molecule has 3 nitrogen and oxygen atoms in total. The predicted octanol–water partition coefficient (Wildman–Crippen LogP) is 3.42. The van der Waals surface area contributed by atoms with Gasteiger partial charge in [0.1, 0.15) is 0 Å². The maximum atomic E-state index is 12.9. The zero-order valence-corrected chi connectivity index (χ0v) is 13.4. The van der Waals surface area contributed by atoms with Crippen LogP contribution in [0.15, 0.2) is 29.2 Å². The monoisotopic (exact) mass is 315 g/mol. The van der Waals surface area contributed by atoms with E-state index in [2.05, 4.69) is 5.32 Å². The van der Waals surface area contributed by atoms with E-state index in [0.717, 1.165) is 38.6 Å². The van der Waals surface area contributed by atoms with Crippen LogP contribution in [0.1, 0.15) is 39.0 Å². The largest absolute Gasteiger partial charge is 0.313 e. The fourth-order valence-corrected chi connectivity index (χ4v) is 5.07. The summed E-state index contributed by atoms with van der Waals surface area (Å²) in [5, 5.41) is 3.59. The molecule has 1 aliphatic rings. The maximum Gasteiger partial charge on any atom is 0.182 e. The van der Waals surface area contributed by atoms with Crippen LogP contribution >= 0.6 is 11.6 Å². The van der Waals surface area contributed by atoms with Crippen molar-refractivity contribution in [3.05, 3.63) is 29.3 Å². The van der Waals surface area contributed by atoms with Crippen molar-refractivity contribution < 1.29 is 8.42 Å². The summed E-state index contributed by atoms with van der Waals surface area (Å²) >= 11 is 5.84. The highest BCUT2D eigenvalue weighted by atomic mass is 35.5. The van der Waals surface area contributed by atoms with Crippen LogP contribution in [-0.4, -0.2) is 26.3 Å². The van der Waals surface area contributed by atoms with Gasteiger partial charge < -0.3 is 5.32 Å². The molecule has 0 heterocycles. The van der Waals surface area contributed by atoms with Crippen molar-refractivity contribution in [2.45, 2.75) is 55.2 Å². The highest BCUT2D eigenvalue weighted by Gasteiger charge is 2.34. The minimum Gasteiger partial charge on any atom is -0.313 e. The molecule has 1 N–H and O–H groups in total. The van der Waals surface area contributed by atoms with Gasteiger partial charge in [-0.1, -0.05) is 37.8 Å². The van der Waals surface area contributed by atoms with E-state index < -0.39 is 9.84 Å². The highest BCUT2D eigenvalue weighted by Crippen LogP contribution is 2.28. The third kappa shape index (κ3) is 3.54. The average Bonchev–Trinajstić information content (AvgIpc) is 2.65. The topological polar surface area (TPSA) is 46.2 Å². The quantitative estimate of drug-likeness (QED) is 0.866. The van der Waals surface area contributed by atoms with Crippen molar-refractivity contribution in [2.75, 3.05) is 6.54 Å². The molecular formula is C15H22ClNO2S. The Bertz CT molecular complexity index is 527. The second-order valence-electron chi connectivity index (χ2n) is 5.34. The first-order valence-electron chi connectivity index (χ1n) is 7.28. The van der Waals surface area contributed by atoms with E-state index in [1.807, 2.05) is 6.92 Å². The SMILES string of the molecule is CCNC1CCCCCC1S(=O)(=O)c1ccc(Cl)cc1. The first-order valence-corrected chi connectivity index (χ1v) is 9.21. The molecule has 1 aliphatic carbocycles. The van der Waals surface area contributed by atoms with Crippen molar-refractivity contribution in [3.63, 3.8) is 0 Å². The highest BCUT2D eigenvalue weighted by molar-refractivity contribution is 7.92. The third-order valence-electron chi connectivity index (χ3n) is 3.96. The Morgan fingerprint density at radius 2 is 1.80 bits per heavy atom. The van der Waals surface area contributed by atoms with Gasteiger partial charge in [0.15, 0.2) is 9.84 Å². The molecule has 1 saturated carbocycles. The molecule has 0 radical (unpaired) electrons. The van der Waals surface area contributed by atoms with Gasteiger partial charge in [0.05, 0.1) is 10.1 Å². The van der Waals surface area contributed by atoms with Crippen LogP contribution in [0, 0.1) is 0 Å². The zero-order valence-electron chi connectivity index (χ0n) is 11.8. The molecule has 2 unspecified atom stereocenters. The van der Waals surface area contributed by atoms with Gasteiger partial charge in [-0.25, -0.2) is 8.42 Å². The van der Waals surface area contributed by atoms with Gasteiger partial charge in [0.2, 0.25) is 0 Å². The summed E-state index contributed by atoms with van der Waals surface area (Å²) in [5.41, 5.74) is 0. The van der Waals surface area contributed by atoms with E-state index in [-0.39, 0.29) is 11.3 Å². The van der Waals surface area contributed by atoms with Gasteiger partial charge in [-0.2, -0.15) is 0 Å². The van der Waals surface area contributed by atoms with Gasteiger partial charge >= 0.3 is 0 Å². The first-order chi connectivity index (χ1) is 9.55. The lowest BCUT2D eigenvalue weighted by atomic mass is 10.1. The Balaban J connectivity index is 2.31. The molecule has 5 heteroatoms. The molecule has 1 aromatic rings. The molecule has 20 heavy (non-hydrogen) atoms. The van der Waals surface area contributed by atoms with E-state index in [1.165, 1.54) is 0 Å². The Morgan fingerprint density at radius 3 is 2.45 bits per heavy atom. The van der Waals surface area contributed by atoms with Crippen LogP contribution in [0.5, 0.6) is 0 Å². The van der Waals surface area contributed by atoms with E-state index in [0.29, 0.717) is 9.92 Å². The Kier molecular flexibility index (Phi) is 5.47. The lowest BCUT2D eigenvalue weighted by molar-refractivity contribution is 0.460. The standard InChI is InChI=1S/C15H22ClNO2S/c1-2-17-14-6-4-3-5-7-15(14)20(18,19)13-10-8-12(16)9-11-13/h8-11,14-15,17H,2-7H2,1H3. The number of benzene rings is 1. The van der Waals surface area contributed by atoms with Gasteiger partial charge in [0, 0.05) is 11.1 Å². The lowest BCUT2D eigenvalue weighted by Gasteiger charge is -2.25. The minimum atomic E-state index is -3.29. The summed E-state index contributed by atoms with van der Waals surface area (Å²) in [4.78, 5) is 0.386. The Morgan fingerprint density at radius 1 is 1.15 bits per heavy atom. The Labute approximate surface area is 126 Å². The number of hydrogen-bond acceptors (Lipinski definition) is 3. The third-order valence-corrected chi connectivity index (χ3v) is 6.50. The molecule has 2 rings (SSSR count). The van der Waals surface area contributed by atoms with Crippen LogP contribution in [0.25, 0.3) is 0 Å². The molecule has 0 amide bonds. The summed E-state index contributed by atoms with van der Waals surface area (Å²) in [5.74, 6) is 0. The molecule has 0 aliphatic heterocycles. The second-order valence-corrected chi connectivity index (χ2v) is 7.94. The maximum absolute atomic E-state index is 12.9. The van der Waals surface area contributed by atoms with E-state index in [1.54, 1.807) is 24.3 Å². The second kappa shape index (κ2) is 6.92. The number of halogens is 1. The normalized spacial score (nSPS) is 24.3. The molecular weight excluding hydrogens is 294 g/mol. The summed E-state index contributed by atoms with van der Waals surface area (Å²) in [6.07, 6.45) is 4.88. The van der Waals surface area contributed by atoms with Crippen molar-refractivity contribution in [2.24, 2.45) is 0 Å². The summed E-state index contributed by atoms with van der Waals surface area (Å²) in [6, 6.07) is 6.58. The molecule has 2 atom stereocenters. The molecule has 1 aromatic carbocycles. The fraction of sp³-hybridized carbons (Fsp3) is 0.600. The summed E-state index contributed by atoms with van der Waals surface area (Å²) < 4.78 is 25.7. The van der Waals surface area contributed by atoms with Crippen LogP contribution < -0.4 is 5.32 Å². The number of hydrogen-bond donors (Lipinski definition) is 1. The molecule has 0 spiro atoms. The van der Waals surface area contributed by atoms with Crippen molar-refractivity contribution in [1.82, 2.24) is 5.32 Å². The molecule has 0 bridgehead atoms. The fourth-order valence-electron chi connectivity index (χ4n) is 2.94. The van der Waals surface area contributed by atoms with Crippen LogP contribution in [0.3, 0.4) is 0 Å². The number of nitrogens with one attached hydrogen (secondary N) is 1. The van der Waals surface area contributed by atoms with Gasteiger partial charge in [-0.15, -0.1) is 0 Å². The smallest absolute Gasteiger partial charge is 0.182 e. The van der Waals surface area contributed by atoms with Crippen LogP contribution in [0.4, 0.5) is 0 Å². The van der Waals surface area contributed by atoms with Gasteiger partial charge in [-0.05, 0) is 43.7 Å². The van der Waals surface area contributed by atoms with Crippen molar-refractivity contribution in [3.8, 4) is 0 Å². The van der Waals surface area contributed by atoms with Gasteiger partial charge in [-0.3, -0.25) is 0 Å². The van der Waals surface area contributed by atoms with Crippen molar-refractivity contribution >= 4 is 21.4 Å². The van der Waals surface area contributed by atoms with Crippen molar-refractivity contribution in [1.29, 1.82) is 0 Å². The van der Waals surface area contributed by atoms with E-state index in [9.17, 15) is 8.42 Å². The molecule has 0 aromatic heterocycles. The number of rotatable bonds is 4. The predicted molar refractivity (Wildman–Crippen MR) is 83.0 cm³/mol. The van der Waals surface area contributed by atoms with Crippen LogP contribution in [0.2, 0.25) is 5.02 Å². The van der Waals surface area contributed by atoms with E-state index in [4.69, 9.17) is 11.6 Å². The first kappa shape index (κ1) is 15.8. The number of sulfone groups is 1. The molecule has 1 fully saturated rings. The minimum absolute atomic E-state index is 0.0585. The van der Waals surface area contributed by atoms with E-state index >= 15 is 0 Å². The zero-order chi connectivity index (χ0) is 14.6. The summed E-state index contributed by atoms with van der Waals surface area (Å²) in [6.45, 7) is 2.83. The lowest BCUT2D eigenvalue weighted by Crippen LogP contribution is -2.43.